The summed E-state index contributed by atoms with van der Waals surface area (Å²) in [6, 6.07) is -0.563. The predicted molar refractivity (Wildman–Crippen MR) is 70.2 cm³/mol. The fraction of sp³-hybridized carbons (Fsp3) is 0.615. The van der Waals surface area contributed by atoms with Gasteiger partial charge in [-0.05, 0) is 34.6 Å². The zero-order valence-corrected chi connectivity index (χ0v) is 12.4. The molecule has 1 aromatic rings. The van der Waals surface area contributed by atoms with E-state index in [1.165, 1.54) is 0 Å². The number of hydrogen-bond donors (Lipinski definition) is 1. The van der Waals surface area contributed by atoms with Crippen molar-refractivity contribution in [3.63, 3.8) is 0 Å². The number of nitrogens with one attached hydrogen (secondary N) is 1. The zero-order valence-electron chi connectivity index (χ0n) is 12.4. The molecular weight excluding hydrogens is 264 g/mol. The molecule has 0 fully saturated rings. The molecule has 1 rings (SSSR count). The van der Waals surface area contributed by atoms with Crippen molar-refractivity contribution in [1.82, 2.24) is 10.3 Å². The van der Waals surface area contributed by atoms with E-state index in [2.05, 4.69) is 10.3 Å². The highest BCUT2D eigenvalue weighted by Gasteiger charge is 2.25. The largest absolute Gasteiger partial charge is 0.461 e. The molecule has 1 amide bonds. The van der Waals surface area contributed by atoms with Crippen LogP contribution in [0, 0.1) is 0 Å². The molecule has 0 saturated carbocycles. The smallest absolute Gasteiger partial charge is 0.408 e. The highest BCUT2D eigenvalue weighted by atomic mass is 16.6. The second-order valence-corrected chi connectivity index (χ2v) is 5.15. The second kappa shape index (κ2) is 6.40. The Labute approximate surface area is 117 Å². The van der Waals surface area contributed by atoms with E-state index in [1.807, 2.05) is 0 Å². The van der Waals surface area contributed by atoms with Crippen LogP contribution in [0.15, 0.2) is 10.8 Å². The molecule has 1 N–H and O–H groups in total. The standard InChI is InChI=1S/C13H20N2O5/c1-6-18-11(16)9-10(19-7-14-9)8(2)15-12(17)20-13(3,4)5/h7-8H,6H2,1-5H3,(H,15,17)/t8-/m0/s1. The van der Waals surface area contributed by atoms with Crippen LogP contribution in [0.3, 0.4) is 0 Å². The van der Waals surface area contributed by atoms with E-state index in [0.717, 1.165) is 6.39 Å². The molecule has 0 saturated heterocycles. The molecule has 0 aliphatic rings. The number of nitrogens with zero attached hydrogens (tertiary/aromatic N) is 1. The van der Waals surface area contributed by atoms with E-state index in [1.54, 1.807) is 34.6 Å². The number of oxazole rings is 1. The highest BCUT2D eigenvalue weighted by Crippen LogP contribution is 2.18. The minimum atomic E-state index is -0.602. The molecule has 0 unspecified atom stereocenters. The molecule has 7 heteroatoms. The molecule has 1 aromatic heterocycles. The van der Waals surface area contributed by atoms with Gasteiger partial charge in [0, 0.05) is 0 Å². The first-order valence-corrected chi connectivity index (χ1v) is 6.34. The van der Waals surface area contributed by atoms with Crippen LogP contribution in [0.4, 0.5) is 4.79 Å². The van der Waals surface area contributed by atoms with Crippen LogP contribution in [-0.2, 0) is 9.47 Å². The van der Waals surface area contributed by atoms with Gasteiger partial charge >= 0.3 is 12.1 Å². The number of carbonyl (C=O) groups excluding carboxylic acids is 2. The lowest BCUT2D eigenvalue weighted by Crippen LogP contribution is -2.34. The second-order valence-electron chi connectivity index (χ2n) is 5.15. The van der Waals surface area contributed by atoms with E-state index < -0.39 is 23.7 Å². The van der Waals surface area contributed by atoms with Crippen LogP contribution < -0.4 is 5.32 Å². The van der Waals surface area contributed by atoms with E-state index in [9.17, 15) is 9.59 Å². The van der Waals surface area contributed by atoms with E-state index in [0.29, 0.717) is 0 Å². The lowest BCUT2D eigenvalue weighted by molar-refractivity contribution is 0.0481. The van der Waals surface area contributed by atoms with Gasteiger partial charge in [0.1, 0.15) is 5.60 Å². The molecule has 0 aliphatic heterocycles. The molecule has 20 heavy (non-hydrogen) atoms. The van der Waals surface area contributed by atoms with Gasteiger partial charge in [0.15, 0.2) is 17.8 Å². The van der Waals surface area contributed by atoms with Crippen molar-refractivity contribution in [3.05, 3.63) is 17.8 Å². The fourth-order valence-electron chi connectivity index (χ4n) is 1.47. The highest BCUT2D eigenvalue weighted by molar-refractivity contribution is 5.88. The van der Waals surface area contributed by atoms with Gasteiger partial charge in [-0.25, -0.2) is 14.6 Å². The summed E-state index contributed by atoms with van der Waals surface area (Å²) in [5.41, 5.74) is -0.551. The summed E-state index contributed by atoms with van der Waals surface area (Å²) in [6.45, 7) is 8.87. The minimum Gasteiger partial charge on any atom is -0.461 e. The SMILES string of the molecule is CCOC(=O)c1ncoc1[C@H](C)NC(=O)OC(C)(C)C. The Hall–Kier alpha value is -2.05. The summed E-state index contributed by atoms with van der Waals surface area (Å²) in [5, 5.41) is 2.57. The maximum atomic E-state index is 11.7. The van der Waals surface area contributed by atoms with E-state index in [-0.39, 0.29) is 18.1 Å². The summed E-state index contributed by atoms with van der Waals surface area (Å²) in [7, 11) is 0. The van der Waals surface area contributed by atoms with Gasteiger partial charge in [-0.3, -0.25) is 0 Å². The Kier molecular flexibility index (Phi) is 5.12. The molecule has 7 nitrogen and oxygen atoms in total. The summed E-state index contributed by atoms with van der Waals surface area (Å²) >= 11 is 0. The third kappa shape index (κ3) is 4.56. The molecule has 0 radical (unpaired) electrons. The van der Waals surface area contributed by atoms with Crippen molar-refractivity contribution in [2.45, 2.75) is 46.3 Å². The summed E-state index contributed by atoms with van der Waals surface area (Å²) in [5.74, 6) is -0.358. The zero-order chi connectivity index (χ0) is 15.3. The van der Waals surface area contributed by atoms with Gasteiger partial charge in [0.25, 0.3) is 0 Å². The van der Waals surface area contributed by atoms with Crippen molar-refractivity contribution >= 4 is 12.1 Å². The predicted octanol–water partition coefficient (Wildman–Crippen LogP) is 2.44. The topological polar surface area (TPSA) is 90.7 Å². The Morgan fingerprint density at radius 2 is 2.10 bits per heavy atom. The molecule has 0 bridgehead atoms. The summed E-state index contributed by atoms with van der Waals surface area (Å²) < 4.78 is 15.1. The first kappa shape index (κ1) is 16.0. The molecule has 1 heterocycles. The molecule has 112 valence electrons. The van der Waals surface area contributed by atoms with Gasteiger partial charge in [-0.15, -0.1) is 0 Å². The average molecular weight is 284 g/mol. The maximum absolute atomic E-state index is 11.7. The number of ether oxygens (including phenoxy) is 2. The number of carbonyl (C=O) groups is 2. The van der Waals surface area contributed by atoms with Crippen molar-refractivity contribution < 1.29 is 23.5 Å². The fourth-order valence-corrected chi connectivity index (χ4v) is 1.47. The first-order chi connectivity index (χ1) is 9.24. The van der Waals surface area contributed by atoms with Crippen molar-refractivity contribution in [3.8, 4) is 0 Å². The van der Waals surface area contributed by atoms with Gasteiger partial charge in [0.05, 0.1) is 12.6 Å². The van der Waals surface area contributed by atoms with E-state index in [4.69, 9.17) is 13.9 Å². The third-order valence-electron chi connectivity index (χ3n) is 2.19. The van der Waals surface area contributed by atoms with Crippen LogP contribution in [0.2, 0.25) is 0 Å². The van der Waals surface area contributed by atoms with Crippen LogP contribution in [0.1, 0.15) is 56.9 Å². The Morgan fingerprint density at radius 1 is 1.45 bits per heavy atom. The van der Waals surface area contributed by atoms with Crippen LogP contribution in [0.25, 0.3) is 0 Å². The quantitative estimate of drug-likeness (QED) is 0.854. The average Bonchev–Trinajstić information content (AvgIpc) is 2.75. The molecular formula is C13H20N2O5. The number of rotatable bonds is 4. The van der Waals surface area contributed by atoms with Crippen molar-refractivity contribution in [2.75, 3.05) is 6.61 Å². The van der Waals surface area contributed by atoms with Gasteiger partial charge in [-0.2, -0.15) is 0 Å². The van der Waals surface area contributed by atoms with Gasteiger partial charge in [0.2, 0.25) is 0 Å². The Balaban J connectivity index is 2.73. The maximum Gasteiger partial charge on any atom is 0.408 e. The van der Waals surface area contributed by atoms with Crippen LogP contribution in [-0.4, -0.2) is 29.3 Å². The summed E-state index contributed by atoms with van der Waals surface area (Å²) in [6.07, 6.45) is 0.533. The van der Waals surface area contributed by atoms with Gasteiger partial charge < -0.3 is 19.2 Å². The lowest BCUT2D eigenvalue weighted by Gasteiger charge is -2.21. The number of amides is 1. The lowest BCUT2D eigenvalue weighted by atomic mass is 10.2. The Morgan fingerprint density at radius 3 is 2.65 bits per heavy atom. The van der Waals surface area contributed by atoms with Crippen molar-refractivity contribution in [2.24, 2.45) is 0 Å². The van der Waals surface area contributed by atoms with Crippen LogP contribution in [0.5, 0.6) is 0 Å². The van der Waals surface area contributed by atoms with Crippen LogP contribution >= 0.6 is 0 Å². The molecule has 1 atom stereocenters. The Bertz CT molecular complexity index is 475. The number of hydrogen-bond acceptors (Lipinski definition) is 6. The molecule has 0 aromatic carbocycles. The monoisotopic (exact) mass is 284 g/mol. The normalized spacial score (nSPS) is 12.7. The minimum absolute atomic E-state index is 0.0513. The number of esters is 1. The number of alkyl carbamates (subject to hydrolysis) is 1. The summed E-state index contributed by atoms with van der Waals surface area (Å²) in [4.78, 5) is 27.1. The van der Waals surface area contributed by atoms with Gasteiger partial charge in [-0.1, -0.05) is 0 Å². The van der Waals surface area contributed by atoms with Crippen molar-refractivity contribution in [1.29, 1.82) is 0 Å². The number of aromatic nitrogens is 1. The van der Waals surface area contributed by atoms with E-state index >= 15 is 0 Å². The molecule has 0 aliphatic carbocycles. The molecule has 0 spiro atoms. The first-order valence-electron chi connectivity index (χ1n) is 6.34. The third-order valence-corrected chi connectivity index (χ3v) is 2.19.